The zero-order chi connectivity index (χ0) is 10.0. The third kappa shape index (κ3) is 1.60. The molecule has 2 rings (SSSR count). The monoisotopic (exact) mass is 364 g/mol. The van der Waals surface area contributed by atoms with Crippen LogP contribution >= 0.6 is 0 Å². The second-order valence-corrected chi connectivity index (χ2v) is 5.29. The molecule has 0 radical (unpaired) electrons. The molecular weight excluding hydrogens is 348 g/mol. The Labute approximate surface area is 96.6 Å². The molecule has 14 heavy (non-hydrogen) atoms. The van der Waals surface area contributed by atoms with Gasteiger partial charge in [0.15, 0.2) is 0 Å². The Bertz CT molecular complexity index is 330. The summed E-state index contributed by atoms with van der Waals surface area (Å²) in [6.07, 6.45) is 17.2. The molecule has 0 aliphatic heterocycles. The summed E-state index contributed by atoms with van der Waals surface area (Å²) in [5.74, 6) is 0. The molecule has 0 saturated heterocycles. The van der Waals surface area contributed by atoms with Gasteiger partial charge in [0, 0.05) is 0 Å². The minimum absolute atomic E-state index is 0.209. The first kappa shape index (κ1) is 10.1. The Morgan fingerprint density at radius 1 is 1.36 bits per heavy atom. The van der Waals surface area contributed by atoms with Gasteiger partial charge in [0.25, 0.3) is 0 Å². The summed E-state index contributed by atoms with van der Waals surface area (Å²) in [5, 5.41) is 0. The average Bonchev–Trinajstić information content (AvgIpc) is 2.68. The van der Waals surface area contributed by atoms with E-state index in [1.807, 2.05) is 0 Å². The summed E-state index contributed by atoms with van der Waals surface area (Å²) < 4.78 is 1.56. The van der Waals surface area contributed by atoms with Crippen LogP contribution < -0.4 is 0 Å². The Morgan fingerprint density at radius 2 is 2.07 bits per heavy atom. The third-order valence-corrected chi connectivity index (χ3v) is 4.31. The van der Waals surface area contributed by atoms with Gasteiger partial charge in [0.2, 0.25) is 0 Å². The molecule has 1 heteroatoms. The third-order valence-electron chi connectivity index (χ3n) is 3.07. The maximum absolute atomic E-state index is 2.33. The molecule has 0 saturated carbocycles. The standard InChI is InChI=1S/C13H15.Ir/c1-2-13(10-6-7-11-13)12-8-4-3-5-9-12;/h4,6-8,10-11H,2-3,5H2,1H3;. The first-order chi connectivity index (χ1) is 6.78. The van der Waals surface area contributed by atoms with Crippen LogP contribution in [-0.4, -0.2) is 0 Å². The molecular formula is C13H15Ir. The Balaban J connectivity index is 2.42. The van der Waals surface area contributed by atoms with E-state index in [2.05, 4.69) is 62.3 Å². The molecule has 2 aliphatic rings. The quantitative estimate of drug-likeness (QED) is 0.702. The van der Waals surface area contributed by atoms with E-state index >= 15 is 0 Å². The Kier molecular flexibility index (Phi) is 2.90. The molecule has 0 unspecified atom stereocenters. The van der Waals surface area contributed by atoms with Gasteiger partial charge in [-0.1, -0.05) is 0 Å². The number of hydrogen-bond donors (Lipinski definition) is 0. The second-order valence-electron chi connectivity index (χ2n) is 3.84. The fourth-order valence-electron chi connectivity index (χ4n) is 2.14. The van der Waals surface area contributed by atoms with E-state index < -0.39 is 0 Å². The molecule has 0 atom stereocenters. The molecule has 0 heterocycles. The SMILES string of the molecule is CCC1(C2=[C]([Ir])CCC=C2)C=CC=C1. The van der Waals surface area contributed by atoms with Gasteiger partial charge < -0.3 is 0 Å². The van der Waals surface area contributed by atoms with E-state index in [1.165, 1.54) is 18.4 Å². The van der Waals surface area contributed by atoms with E-state index in [-0.39, 0.29) is 5.41 Å². The van der Waals surface area contributed by atoms with E-state index in [0.717, 1.165) is 6.42 Å². The van der Waals surface area contributed by atoms with Crippen molar-refractivity contribution in [2.75, 3.05) is 0 Å². The number of rotatable bonds is 2. The van der Waals surface area contributed by atoms with E-state index in [1.54, 1.807) is 4.09 Å². The van der Waals surface area contributed by atoms with Gasteiger partial charge in [-0.15, -0.1) is 0 Å². The maximum atomic E-state index is 2.33. The van der Waals surface area contributed by atoms with Crippen LogP contribution in [0.25, 0.3) is 0 Å². The van der Waals surface area contributed by atoms with Gasteiger partial charge in [-0.2, -0.15) is 0 Å². The van der Waals surface area contributed by atoms with Gasteiger partial charge in [-0.05, 0) is 0 Å². The Morgan fingerprint density at radius 3 is 2.64 bits per heavy atom. The van der Waals surface area contributed by atoms with Crippen LogP contribution in [0.4, 0.5) is 0 Å². The van der Waals surface area contributed by atoms with Crippen molar-refractivity contribution in [3.63, 3.8) is 0 Å². The molecule has 0 N–H and O–H groups in total. The van der Waals surface area contributed by atoms with Crippen LogP contribution in [0.1, 0.15) is 26.2 Å². The van der Waals surface area contributed by atoms with Crippen molar-refractivity contribution in [3.05, 3.63) is 46.1 Å². The van der Waals surface area contributed by atoms with Crippen molar-refractivity contribution in [1.29, 1.82) is 0 Å². The van der Waals surface area contributed by atoms with Crippen molar-refractivity contribution in [1.82, 2.24) is 0 Å². The molecule has 0 aromatic rings. The summed E-state index contributed by atoms with van der Waals surface area (Å²) in [7, 11) is 0. The van der Waals surface area contributed by atoms with Gasteiger partial charge in [0.1, 0.15) is 0 Å². The number of allylic oxidation sites excluding steroid dienone is 8. The van der Waals surface area contributed by atoms with Crippen LogP contribution in [0.5, 0.6) is 0 Å². The van der Waals surface area contributed by atoms with Crippen molar-refractivity contribution < 1.29 is 18.9 Å². The van der Waals surface area contributed by atoms with E-state index in [9.17, 15) is 0 Å². The Hall–Kier alpha value is -0.391. The summed E-state index contributed by atoms with van der Waals surface area (Å²) in [4.78, 5) is 0. The van der Waals surface area contributed by atoms with Crippen LogP contribution in [0, 0.1) is 5.41 Å². The summed E-state index contributed by atoms with van der Waals surface area (Å²) in [6.45, 7) is 2.27. The molecule has 0 aromatic heterocycles. The zero-order valence-corrected chi connectivity index (χ0v) is 10.8. The molecule has 76 valence electrons. The van der Waals surface area contributed by atoms with Crippen LogP contribution in [0.3, 0.4) is 0 Å². The van der Waals surface area contributed by atoms with Gasteiger partial charge in [-0.3, -0.25) is 0 Å². The summed E-state index contributed by atoms with van der Waals surface area (Å²) in [5.41, 5.74) is 1.73. The zero-order valence-electron chi connectivity index (χ0n) is 8.42. The van der Waals surface area contributed by atoms with Gasteiger partial charge in [-0.25, -0.2) is 0 Å². The predicted octanol–water partition coefficient (Wildman–Crippen LogP) is 3.66. The molecule has 0 bridgehead atoms. The van der Waals surface area contributed by atoms with Crippen molar-refractivity contribution in [2.24, 2.45) is 5.41 Å². The van der Waals surface area contributed by atoms with Crippen molar-refractivity contribution in [2.45, 2.75) is 26.2 Å². The first-order valence-corrected chi connectivity index (χ1v) is 6.39. The van der Waals surface area contributed by atoms with Crippen LogP contribution in [0.15, 0.2) is 46.1 Å². The molecule has 2 aliphatic carbocycles. The van der Waals surface area contributed by atoms with Crippen LogP contribution in [0.2, 0.25) is 0 Å². The second kappa shape index (κ2) is 4.00. The molecule has 0 nitrogen and oxygen atoms in total. The topological polar surface area (TPSA) is 0 Å². The van der Waals surface area contributed by atoms with Crippen LogP contribution in [-0.2, 0) is 18.9 Å². The summed E-state index contributed by atoms with van der Waals surface area (Å²) in [6, 6.07) is 0. The van der Waals surface area contributed by atoms with E-state index in [4.69, 9.17) is 0 Å². The van der Waals surface area contributed by atoms with E-state index in [0.29, 0.717) is 0 Å². The average molecular weight is 363 g/mol. The molecule has 0 amide bonds. The predicted molar refractivity (Wildman–Crippen MR) is 56.4 cm³/mol. The van der Waals surface area contributed by atoms with Crippen molar-refractivity contribution >= 4 is 0 Å². The fraction of sp³-hybridized carbons (Fsp3) is 0.385. The fourth-order valence-corrected chi connectivity index (χ4v) is 3.24. The summed E-state index contributed by atoms with van der Waals surface area (Å²) >= 11 is 2.27. The van der Waals surface area contributed by atoms with Crippen molar-refractivity contribution in [3.8, 4) is 0 Å². The van der Waals surface area contributed by atoms with Gasteiger partial charge >= 0.3 is 96.6 Å². The molecule has 0 spiro atoms. The van der Waals surface area contributed by atoms with Gasteiger partial charge in [0.05, 0.1) is 0 Å². The molecule has 0 aromatic carbocycles. The minimum atomic E-state index is 0.209. The normalized spacial score (nSPS) is 23.6. The molecule has 0 fully saturated rings. The first-order valence-electron chi connectivity index (χ1n) is 5.19. The number of hydrogen-bond acceptors (Lipinski definition) is 0.